The molecule has 0 saturated carbocycles. The molecule has 1 aliphatic carbocycles. The maximum Gasteiger partial charge on any atom is 0.119 e. The van der Waals surface area contributed by atoms with Crippen molar-refractivity contribution >= 4 is 5.57 Å². The van der Waals surface area contributed by atoms with Gasteiger partial charge in [0.1, 0.15) is 5.75 Å². The van der Waals surface area contributed by atoms with Gasteiger partial charge in [-0.3, -0.25) is 0 Å². The van der Waals surface area contributed by atoms with Gasteiger partial charge in [-0.2, -0.15) is 0 Å². The molecular weight excluding hydrogens is 208 g/mol. The molecule has 0 spiro atoms. The number of methoxy groups -OCH3 is 1. The SMILES string of the molecule is COc1ccc2c(c1)C(c1ccccc1)=CC2. The van der Waals surface area contributed by atoms with Crippen LogP contribution in [0.3, 0.4) is 0 Å². The Bertz CT molecular complexity index is 567. The highest BCUT2D eigenvalue weighted by Crippen LogP contribution is 2.34. The molecule has 0 heterocycles. The highest BCUT2D eigenvalue weighted by atomic mass is 16.5. The van der Waals surface area contributed by atoms with E-state index in [1.165, 1.54) is 22.3 Å². The largest absolute Gasteiger partial charge is 0.497 e. The van der Waals surface area contributed by atoms with Crippen molar-refractivity contribution in [1.82, 2.24) is 0 Å². The molecule has 0 radical (unpaired) electrons. The van der Waals surface area contributed by atoms with Crippen molar-refractivity contribution in [2.75, 3.05) is 7.11 Å². The van der Waals surface area contributed by atoms with E-state index >= 15 is 0 Å². The van der Waals surface area contributed by atoms with Crippen LogP contribution in [0.4, 0.5) is 0 Å². The van der Waals surface area contributed by atoms with Crippen LogP contribution in [-0.4, -0.2) is 7.11 Å². The Balaban J connectivity index is 2.08. The summed E-state index contributed by atoms with van der Waals surface area (Å²) in [5.74, 6) is 0.924. The lowest BCUT2D eigenvalue weighted by Gasteiger charge is -2.08. The number of benzene rings is 2. The Morgan fingerprint density at radius 1 is 1.00 bits per heavy atom. The second-order valence-electron chi connectivity index (χ2n) is 4.21. The van der Waals surface area contributed by atoms with E-state index in [1.807, 2.05) is 12.1 Å². The Kier molecular flexibility index (Phi) is 2.45. The Labute approximate surface area is 101 Å². The van der Waals surface area contributed by atoms with Crippen molar-refractivity contribution < 1.29 is 4.74 Å². The van der Waals surface area contributed by atoms with E-state index in [9.17, 15) is 0 Å². The van der Waals surface area contributed by atoms with Crippen LogP contribution in [0, 0.1) is 0 Å². The number of allylic oxidation sites excluding steroid dienone is 1. The molecular formula is C16H14O. The van der Waals surface area contributed by atoms with E-state index in [0.29, 0.717) is 0 Å². The number of rotatable bonds is 2. The molecule has 1 aliphatic rings. The minimum absolute atomic E-state index is 0.924. The minimum atomic E-state index is 0.924. The lowest BCUT2D eigenvalue weighted by molar-refractivity contribution is 0.414. The number of hydrogen-bond acceptors (Lipinski definition) is 1. The predicted octanol–water partition coefficient (Wildman–Crippen LogP) is 3.68. The van der Waals surface area contributed by atoms with Gasteiger partial charge in [-0.05, 0) is 40.8 Å². The van der Waals surface area contributed by atoms with Gasteiger partial charge in [0.05, 0.1) is 7.11 Å². The lowest BCUT2D eigenvalue weighted by Crippen LogP contribution is -1.89. The van der Waals surface area contributed by atoms with E-state index in [4.69, 9.17) is 4.74 Å². The molecule has 0 fully saturated rings. The summed E-state index contributed by atoms with van der Waals surface area (Å²) in [6.07, 6.45) is 3.31. The normalized spacial score (nSPS) is 13.1. The van der Waals surface area contributed by atoms with Gasteiger partial charge < -0.3 is 4.74 Å². The summed E-state index contributed by atoms with van der Waals surface area (Å²) in [5, 5.41) is 0. The van der Waals surface area contributed by atoms with Gasteiger partial charge in [-0.25, -0.2) is 0 Å². The Morgan fingerprint density at radius 2 is 1.82 bits per heavy atom. The molecule has 84 valence electrons. The predicted molar refractivity (Wildman–Crippen MR) is 70.2 cm³/mol. The molecule has 1 nitrogen and oxygen atoms in total. The van der Waals surface area contributed by atoms with Crippen molar-refractivity contribution in [2.24, 2.45) is 0 Å². The molecule has 0 N–H and O–H groups in total. The third-order valence-corrected chi connectivity index (χ3v) is 3.22. The third kappa shape index (κ3) is 1.74. The third-order valence-electron chi connectivity index (χ3n) is 3.22. The van der Waals surface area contributed by atoms with E-state index in [0.717, 1.165) is 12.2 Å². The van der Waals surface area contributed by atoms with E-state index < -0.39 is 0 Å². The molecule has 0 atom stereocenters. The van der Waals surface area contributed by atoms with E-state index in [1.54, 1.807) is 7.11 Å². The number of hydrogen-bond donors (Lipinski definition) is 0. The molecule has 2 aromatic carbocycles. The number of ether oxygens (including phenoxy) is 1. The Hall–Kier alpha value is -2.02. The first-order valence-corrected chi connectivity index (χ1v) is 5.81. The zero-order valence-corrected chi connectivity index (χ0v) is 9.81. The molecule has 0 bridgehead atoms. The lowest BCUT2D eigenvalue weighted by atomic mass is 9.99. The van der Waals surface area contributed by atoms with Crippen LogP contribution >= 0.6 is 0 Å². The zero-order valence-electron chi connectivity index (χ0n) is 9.81. The summed E-state index contributed by atoms with van der Waals surface area (Å²) < 4.78 is 5.30. The first-order valence-electron chi connectivity index (χ1n) is 5.81. The summed E-state index contributed by atoms with van der Waals surface area (Å²) in [5.41, 5.74) is 5.28. The van der Waals surface area contributed by atoms with Gasteiger partial charge in [0.25, 0.3) is 0 Å². The highest BCUT2D eigenvalue weighted by Gasteiger charge is 2.15. The molecule has 0 aromatic heterocycles. The van der Waals surface area contributed by atoms with Crippen molar-refractivity contribution in [3.05, 3.63) is 71.3 Å². The van der Waals surface area contributed by atoms with Crippen molar-refractivity contribution in [3.63, 3.8) is 0 Å². The van der Waals surface area contributed by atoms with Crippen LogP contribution in [-0.2, 0) is 6.42 Å². The quantitative estimate of drug-likeness (QED) is 0.753. The monoisotopic (exact) mass is 222 g/mol. The molecule has 0 aliphatic heterocycles. The maximum absolute atomic E-state index is 5.30. The molecule has 0 amide bonds. The molecule has 1 heteroatoms. The molecule has 3 rings (SSSR count). The summed E-state index contributed by atoms with van der Waals surface area (Å²) in [7, 11) is 1.71. The van der Waals surface area contributed by atoms with Crippen LogP contribution in [0.5, 0.6) is 5.75 Å². The highest BCUT2D eigenvalue weighted by molar-refractivity contribution is 5.85. The first kappa shape index (κ1) is 10.2. The van der Waals surface area contributed by atoms with E-state index in [2.05, 4.69) is 42.5 Å². The van der Waals surface area contributed by atoms with Crippen LogP contribution < -0.4 is 4.74 Å². The molecule has 0 saturated heterocycles. The standard InChI is InChI=1S/C16H14O/c1-17-14-9-7-13-8-10-15(16(13)11-14)12-5-3-2-4-6-12/h2-7,9-11H,8H2,1H3. The fourth-order valence-corrected chi connectivity index (χ4v) is 2.32. The van der Waals surface area contributed by atoms with Gasteiger partial charge in [-0.1, -0.05) is 42.5 Å². The van der Waals surface area contributed by atoms with Gasteiger partial charge >= 0.3 is 0 Å². The summed E-state index contributed by atoms with van der Waals surface area (Å²) in [6.45, 7) is 0. The fourth-order valence-electron chi connectivity index (χ4n) is 2.32. The van der Waals surface area contributed by atoms with Crippen LogP contribution in [0.2, 0.25) is 0 Å². The molecule has 2 aromatic rings. The second kappa shape index (κ2) is 4.10. The van der Waals surface area contributed by atoms with Gasteiger partial charge in [0.15, 0.2) is 0 Å². The van der Waals surface area contributed by atoms with Crippen molar-refractivity contribution in [3.8, 4) is 5.75 Å². The average molecular weight is 222 g/mol. The summed E-state index contributed by atoms with van der Waals surface area (Å²) in [4.78, 5) is 0. The fraction of sp³-hybridized carbons (Fsp3) is 0.125. The van der Waals surface area contributed by atoms with Crippen LogP contribution in [0.1, 0.15) is 16.7 Å². The first-order chi connectivity index (χ1) is 8.38. The van der Waals surface area contributed by atoms with Crippen LogP contribution in [0.25, 0.3) is 5.57 Å². The average Bonchev–Trinajstić information content (AvgIpc) is 2.82. The van der Waals surface area contributed by atoms with Crippen LogP contribution in [0.15, 0.2) is 54.6 Å². The zero-order chi connectivity index (χ0) is 11.7. The smallest absolute Gasteiger partial charge is 0.119 e. The molecule has 17 heavy (non-hydrogen) atoms. The summed E-state index contributed by atoms with van der Waals surface area (Å²) >= 11 is 0. The summed E-state index contributed by atoms with van der Waals surface area (Å²) in [6, 6.07) is 16.8. The Morgan fingerprint density at radius 3 is 2.59 bits per heavy atom. The van der Waals surface area contributed by atoms with Gasteiger partial charge in [-0.15, -0.1) is 0 Å². The minimum Gasteiger partial charge on any atom is -0.497 e. The van der Waals surface area contributed by atoms with E-state index in [-0.39, 0.29) is 0 Å². The van der Waals surface area contributed by atoms with Gasteiger partial charge in [0, 0.05) is 0 Å². The van der Waals surface area contributed by atoms with Crippen molar-refractivity contribution in [1.29, 1.82) is 0 Å². The topological polar surface area (TPSA) is 9.23 Å². The van der Waals surface area contributed by atoms with Gasteiger partial charge in [0.2, 0.25) is 0 Å². The number of fused-ring (bicyclic) bond motifs is 1. The second-order valence-corrected chi connectivity index (χ2v) is 4.21. The van der Waals surface area contributed by atoms with Crippen molar-refractivity contribution in [2.45, 2.75) is 6.42 Å². The maximum atomic E-state index is 5.30. The molecule has 0 unspecified atom stereocenters.